The Morgan fingerprint density at radius 3 is 2.36 bits per heavy atom. The maximum atomic E-state index is 11.2. The lowest BCUT2D eigenvalue weighted by Crippen LogP contribution is -2.26. The molecule has 0 heterocycles. The number of methoxy groups -OCH3 is 2. The zero-order valence-corrected chi connectivity index (χ0v) is 8.74. The molecule has 82 valence electrons. The molecule has 0 amide bonds. The molecule has 0 bridgehead atoms. The van der Waals surface area contributed by atoms with Crippen LogP contribution in [0.25, 0.3) is 0 Å². The van der Waals surface area contributed by atoms with E-state index in [4.69, 9.17) is 9.47 Å². The molecule has 5 heteroatoms. The van der Waals surface area contributed by atoms with Crippen LogP contribution in [-0.2, 0) is 23.8 Å². The lowest BCUT2D eigenvalue weighted by atomic mass is 10.2. The van der Waals surface area contributed by atoms with Crippen LogP contribution < -0.4 is 0 Å². The molecule has 0 aliphatic rings. The van der Waals surface area contributed by atoms with Gasteiger partial charge in [0.25, 0.3) is 0 Å². The second kappa shape index (κ2) is 7.46. The van der Waals surface area contributed by atoms with Crippen molar-refractivity contribution in [1.29, 1.82) is 0 Å². The van der Waals surface area contributed by atoms with Gasteiger partial charge in [-0.3, -0.25) is 4.79 Å². The topological polar surface area (TPSA) is 61.8 Å². The molecule has 0 rings (SSSR count). The van der Waals surface area contributed by atoms with Crippen molar-refractivity contribution >= 4 is 11.8 Å². The van der Waals surface area contributed by atoms with Gasteiger partial charge in [-0.2, -0.15) is 0 Å². The van der Waals surface area contributed by atoms with Crippen molar-refractivity contribution in [2.75, 3.05) is 27.4 Å². The summed E-state index contributed by atoms with van der Waals surface area (Å²) in [6.45, 7) is 2.13. The second-order valence-corrected chi connectivity index (χ2v) is 2.66. The quantitative estimate of drug-likeness (QED) is 0.437. The van der Waals surface area contributed by atoms with Crippen molar-refractivity contribution in [2.24, 2.45) is 0 Å². The number of esters is 1. The SMILES string of the molecule is CCOC(=O)C(=O)CC(COC)OC. The number of hydrogen-bond donors (Lipinski definition) is 0. The van der Waals surface area contributed by atoms with Crippen LogP contribution in [0.3, 0.4) is 0 Å². The fourth-order valence-electron chi connectivity index (χ4n) is 0.898. The average molecular weight is 204 g/mol. The fourth-order valence-corrected chi connectivity index (χ4v) is 0.898. The zero-order valence-electron chi connectivity index (χ0n) is 8.74. The number of ketones is 1. The highest BCUT2D eigenvalue weighted by molar-refractivity contribution is 6.33. The number of carbonyl (C=O) groups excluding carboxylic acids is 2. The van der Waals surface area contributed by atoms with Crippen LogP contribution in [0.1, 0.15) is 13.3 Å². The fraction of sp³-hybridized carbons (Fsp3) is 0.778. The van der Waals surface area contributed by atoms with E-state index in [0.29, 0.717) is 0 Å². The van der Waals surface area contributed by atoms with E-state index in [9.17, 15) is 9.59 Å². The van der Waals surface area contributed by atoms with Crippen molar-refractivity contribution in [3.05, 3.63) is 0 Å². The highest BCUT2D eigenvalue weighted by Gasteiger charge is 2.20. The minimum Gasteiger partial charge on any atom is -0.460 e. The molecule has 0 aliphatic heterocycles. The van der Waals surface area contributed by atoms with Crippen molar-refractivity contribution in [3.63, 3.8) is 0 Å². The molecular formula is C9H16O5. The van der Waals surface area contributed by atoms with Crippen molar-refractivity contribution in [3.8, 4) is 0 Å². The van der Waals surface area contributed by atoms with Crippen molar-refractivity contribution in [2.45, 2.75) is 19.4 Å². The Morgan fingerprint density at radius 2 is 1.93 bits per heavy atom. The zero-order chi connectivity index (χ0) is 11.0. The number of hydrogen-bond acceptors (Lipinski definition) is 5. The Hall–Kier alpha value is -0.940. The first-order chi connectivity index (χ1) is 6.65. The molecule has 0 N–H and O–H groups in total. The lowest BCUT2D eigenvalue weighted by Gasteiger charge is -2.12. The van der Waals surface area contributed by atoms with E-state index < -0.39 is 17.9 Å². The largest absolute Gasteiger partial charge is 0.460 e. The summed E-state index contributed by atoms with van der Waals surface area (Å²) in [6, 6.07) is 0. The van der Waals surface area contributed by atoms with Gasteiger partial charge in [0.05, 0.1) is 19.3 Å². The average Bonchev–Trinajstić information content (AvgIpc) is 2.17. The molecule has 0 saturated carbocycles. The second-order valence-electron chi connectivity index (χ2n) is 2.66. The van der Waals surface area contributed by atoms with Crippen LogP contribution >= 0.6 is 0 Å². The first kappa shape index (κ1) is 13.1. The standard InChI is InChI=1S/C9H16O5/c1-4-14-9(11)8(10)5-7(13-3)6-12-2/h7H,4-6H2,1-3H3. The van der Waals surface area contributed by atoms with E-state index in [1.807, 2.05) is 0 Å². The summed E-state index contributed by atoms with van der Waals surface area (Å²) in [7, 11) is 2.96. The summed E-state index contributed by atoms with van der Waals surface area (Å²) in [6.07, 6.45) is -0.402. The van der Waals surface area contributed by atoms with E-state index in [0.717, 1.165) is 0 Å². The lowest BCUT2D eigenvalue weighted by molar-refractivity contribution is -0.154. The van der Waals surface area contributed by atoms with Crippen LogP contribution in [0.15, 0.2) is 0 Å². The minimum absolute atomic E-state index is 0.0107. The van der Waals surface area contributed by atoms with E-state index >= 15 is 0 Å². The van der Waals surface area contributed by atoms with Crippen LogP contribution in [0, 0.1) is 0 Å². The summed E-state index contributed by atoms with van der Waals surface area (Å²) in [5, 5.41) is 0. The molecule has 5 nitrogen and oxygen atoms in total. The molecule has 1 atom stereocenters. The van der Waals surface area contributed by atoms with E-state index in [1.165, 1.54) is 14.2 Å². The molecule has 0 radical (unpaired) electrons. The molecule has 0 aliphatic carbocycles. The van der Waals surface area contributed by atoms with Gasteiger partial charge in [-0.15, -0.1) is 0 Å². The summed E-state index contributed by atoms with van der Waals surface area (Å²) >= 11 is 0. The molecular weight excluding hydrogens is 188 g/mol. The predicted molar refractivity (Wildman–Crippen MR) is 48.9 cm³/mol. The van der Waals surface area contributed by atoms with E-state index in [2.05, 4.69) is 4.74 Å². The third-order valence-corrected chi connectivity index (χ3v) is 1.60. The summed E-state index contributed by atoms with van der Waals surface area (Å²) in [5.74, 6) is -1.40. The smallest absolute Gasteiger partial charge is 0.374 e. The van der Waals surface area contributed by atoms with Crippen LogP contribution in [0.2, 0.25) is 0 Å². The Balaban J connectivity index is 3.95. The first-order valence-electron chi connectivity index (χ1n) is 4.37. The monoisotopic (exact) mass is 204 g/mol. The van der Waals surface area contributed by atoms with Gasteiger partial charge in [-0.1, -0.05) is 0 Å². The molecule has 0 aromatic carbocycles. The Kier molecular flexibility index (Phi) is 6.96. The van der Waals surface area contributed by atoms with Crippen LogP contribution in [-0.4, -0.2) is 45.3 Å². The molecule has 14 heavy (non-hydrogen) atoms. The van der Waals surface area contributed by atoms with Gasteiger partial charge >= 0.3 is 5.97 Å². The number of ether oxygens (including phenoxy) is 3. The van der Waals surface area contributed by atoms with Crippen molar-refractivity contribution in [1.82, 2.24) is 0 Å². The normalized spacial score (nSPS) is 12.2. The minimum atomic E-state index is -0.814. The number of carbonyl (C=O) groups is 2. The van der Waals surface area contributed by atoms with Gasteiger partial charge in [0.2, 0.25) is 5.78 Å². The van der Waals surface area contributed by atoms with Crippen molar-refractivity contribution < 1.29 is 23.8 Å². The Bertz CT molecular complexity index is 190. The summed E-state index contributed by atoms with van der Waals surface area (Å²) < 4.78 is 14.3. The van der Waals surface area contributed by atoms with Gasteiger partial charge < -0.3 is 14.2 Å². The molecule has 0 aromatic rings. The number of Topliss-reactive ketones (excluding diaryl/α,β-unsaturated/α-hetero) is 1. The van der Waals surface area contributed by atoms with Gasteiger partial charge in [-0.25, -0.2) is 4.79 Å². The molecule has 0 spiro atoms. The molecule has 0 fully saturated rings. The predicted octanol–water partition coefficient (Wildman–Crippen LogP) is 0.170. The van der Waals surface area contributed by atoms with E-state index in [1.54, 1.807) is 6.92 Å². The number of rotatable bonds is 7. The van der Waals surface area contributed by atoms with Gasteiger partial charge in [0.15, 0.2) is 0 Å². The van der Waals surface area contributed by atoms with Gasteiger partial charge in [-0.05, 0) is 6.92 Å². The van der Waals surface area contributed by atoms with Gasteiger partial charge in [0, 0.05) is 20.6 Å². The highest BCUT2D eigenvalue weighted by atomic mass is 16.5. The van der Waals surface area contributed by atoms with Crippen LogP contribution in [0.4, 0.5) is 0 Å². The van der Waals surface area contributed by atoms with E-state index in [-0.39, 0.29) is 19.6 Å². The Labute approximate surface area is 83.3 Å². The third kappa shape index (κ3) is 4.94. The van der Waals surface area contributed by atoms with Crippen LogP contribution in [0.5, 0.6) is 0 Å². The molecule has 0 aromatic heterocycles. The maximum Gasteiger partial charge on any atom is 0.374 e. The Morgan fingerprint density at radius 1 is 1.29 bits per heavy atom. The van der Waals surface area contributed by atoms with Gasteiger partial charge in [0.1, 0.15) is 0 Å². The first-order valence-corrected chi connectivity index (χ1v) is 4.37. The molecule has 0 saturated heterocycles. The maximum absolute atomic E-state index is 11.2. The summed E-state index contributed by atoms with van der Waals surface area (Å²) in [4.78, 5) is 22.1. The molecule has 1 unspecified atom stereocenters. The summed E-state index contributed by atoms with van der Waals surface area (Å²) in [5.41, 5.74) is 0. The highest BCUT2D eigenvalue weighted by Crippen LogP contribution is 2.00. The third-order valence-electron chi connectivity index (χ3n) is 1.60.